The largest absolute Gasteiger partial charge is 0.366 e. The van der Waals surface area contributed by atoms with Crippen LogP contribution >= 0.6 is 11.3 Å². The Morgan fingerprint density at radius 1 is 1.25 bits per heavy atom. The van der Waals surface area contributed by atoms with Crippen LogP contribution < -0.4 is 4.90 Å². The fourth-order valence-corrected chi connectivity index (χ4v) is 4.13. The van der Waals surface area contributed by atoms with Gasteiger partial charge in [0.1, 0.15) is 0 Å². The van der Waals surface area contributed by atoms with E-state index in [0.717, 1.165) is 13.1 Å². The zero-order chi connectivity index (χ0) is 14.5. The number of nitrogens with zero attached hydrogens (tertiary/aromatic N) is 1. The van der Waals surface area contributed by atoms with Gasteiger partial charge in [-0.3, -0.25) is 0 Å². The molecule has 0 aliphatic carbocycles. The van der Waals surface area contributed by atoms with Crippen molar-refractivity contribution in [3.05, 3.63) is 41.3 Å². The minimum atomic E-state index is 0.935. The predicted octanol–water partition coefficient (Wildman–Crippen LogP) is 5.56. The second kappa shape index (κ2) is 6.94. The molecule has 0 fully saturated rings. The summed E-state index contributed by atoms with van der Waals surface area (Å²) in [5.41, 5.74) is 2.80. The Kier molecular flexibility index (Phi) is 5.24. The Balaban J connectivity index is 2.56. The van der Waals surface area contributed by atoms with Gasteiger partial charge >= 0.3 is 0 Å². The van der Waals surface area contributed by atoms with Gasteiger partial charge in [0.2, 0.25) is 0 Å². The molecule has 0 aliphatic rings. The number of hydrogen-bond donors (Lipinski definition) is 0. The van der Waals surface area contributed by atoms with Crippen LogP contribution in [0.4, 0.5) is 5.69 Å². The van der Waals surface area contributed by atoms with Gasteiger partial charge in [-0.25, -0.2) is 0 Å². The Bertz CT molecular complexity index is 582. The first-order valence-corrected chi connectivity index (χ1v) is 8.40. The highest BCUT2D eigenvalue weighted by Crippen LogP contribution is 2.39. The van der Waals surface area contributed by atoms with E-state index in [4.69, 9.17) is 0 Å². The van der Waals surface area contributed by atoms with Crippen LogP contribution in [0.5, 0.6) is 0 Å². The molecule has 0 aliphatic heterocycles. The molecule has 0 unspecified atom stereocenters. The molecule has 108 valence electrons. The van der Waals surface area contributed by atoms with Crippen LogP contribution in [-0.2, 0) is 6.42 Å². The van der Waals surface area contributed by atoms with E-state index in [2.05, 4.69) is 50.4 Å². The minimum absolute atomic E-state index is 0.935. The first-order valence-electron chi connectivity index (χ1n) is 7.59. The van der Waals surface area contributed by atoms with E-state index in [-0.39, 0.29) is 0 Å². The smallest absolute Gasteiger partial charge is 0.0590 e. The van der Waals surface area contributed by atoms with Crippen molar-refractivity contribution in [1.29, 1.82) is 0 Å². The molecule has 2 aromatic rings. The van der Waals surface area contributed by atoms with Gasteiger partial charge in [0.05, 0.1) is 5.69 Å². The van der Waals surface area contributed by atoms with Crippen molar-refractivity contribution in [2.45, 2.75) is 40.0 Å². The fourth-order valence-electron chi connectivity index (χ4n) is 2.70. The highest BCUT2D eigenvalue weighted by molar-refractivity contribution is 7.19. The number of benzene rings is 1. The standard InChI is InChI=1S/C18H25NS/c1-5-8-16-18(19(11-6-2)12-7-3)15-10-9-14(4)13-17(15)20-16/h6,9-10,13H,2,5,7-8,11-12H2,1,3-4H3. The molecule has 1 aromatic carbocycles. The van der Waals surface area contributed by atoms with Crippen molar-refractivity contribution in [2.24, 2.45) is 0 Å². The summed E-state index contributed by atoms with van der Waals surface area (Å²) in [5.74, 6) is 0. The summed E-state index contributed by atoms with van der Waals surface area (Å²) >= 11 is 1.97. The minimum Gasteiger partial charge on any atom is -0.366 e. The zero-order valence-electron chi connectivity index (χ0n) is 12.9. The van der Waals surface area contributed by atoms with Crippen LogP contribution in [0, 0.1) is 6.92 Å². The third-order valence-electron chi connectivity index (χ3n) is 3.53. The van der Waals surface area contributed by atoms with Gasteiger partial charge in [-0.1, -0.05) is 38.5 Å². The highest BCUT2D eigenvalue weighted by atomic mass is 32.1. The Morgan fingerprint density at radius 3 is 2.70 bits per heavy atom. The maximum atomic E-state index is 3.92. The molecule has 20 heavy (non-hydrogen) atoms. The van der Waals surface area contributed by atoms with Crippen LogP contribution in [0.2, 0.25) is 0 Å². The molecule has 0 bridgehead atoms. The van der Waals surface area contributed by atoms with Gasteiger partial charge in [0.25, 0.3) is 0 Å². The molecule has 0 saturated carbocycles. The van der Waals surface area contributed by atoms with E-state index < -0.39 is 0 Å². The van der Waals surface area contributed by atoms with Crippen LogP contribution in [0.1, 0.15) is 37.1 Å². The number of rotatable bonds is 7. The number of hydrogen-bond acceptors (Lipinski definition) is 2. The number of thiophene rings is 1. The molecule has 0 amide bonds. The monoisotopic (exact) mass is 287 g/mol. The second-order valence-corrected chi connectivity index (χ2v) is 6.49. The summed E-state index contributed by atoms with van der Waals surface area (Å²) in [6, 6.07) is 6.84. The summed E-state index contributed by atoms with van der Waals surface area (Å²) in [6.07, 6.45) is 5.56. The molecule has 1 heterocycles. The van der Waals surface area contributed by atoms with Crippen LogP contribution in [0.15, 0.2) is 30.9 Å². The number of fused-ring (bicyclic) bond motifs is 1. The lowest BCUT2D eigenvalue weighted by Gasteiger charge is -2.24. The fraction of sp³-hybridized carbons (Fsp3) is 0.444. The number of aryl methyl sites for hydroxylation is 2. The van der Waals surface area contributed by atoms with E-state index in [9.17, 15) is 0 Å². The van der Waals surface area contributed by atoms with Crippen LogP contribution in [0.3, 0.4) is 0 Å². The molecule has 0 radical (unpaired) electrons. The van der Waals surface area contributed by atoms with Gasteiger partial charge in [0.15, 0.2) is 0 Å². The highest BCUT2D eigenvalue weighted by Gasteiger charge is 2.16. The van der Waals surface area contributed by atoms with Crippen LogP contribution in [0.25, 0.3) is 10.1 Å². The summed E-state index contributed by atoms with van der Waals surface area (Å²) in [6.45, 7) is 12.6. The summed E-state index contributed by atoms with van der Waals surface area (Å²) < 4.78 is 1.42. The van der Waals surface area contributed by atoms with Gasteiger partial charge in [0, 0.05) is 28.1 Å². The topological polar surface area (TPSA) is 3.24 Å². The van der Waals surface area contributed by atoms with Crippen LogP contribution in [-0.4, -0.2) is 13.1 Å². The average molecular weight is 287 g/mol. The average Bonchev–Trinajstić information content (AvgIpc) is 2.76. The molecule has 2 heteroatoms. The third kappa shape index (κ3) is 3.06. The van der Waals surface area contributed by atoms with E-state index >= 15 is 0 Å². The summed E-state index contributed by atoms with van der Waals surface area (Å²) in [5, 5.41) is 1.42. The molecule has 0 N–H and O–H groups in total. The van der Waals surface area contributed by atoms with Crippen molar-refractivity contribution in [2.75, 3.05) is 18.0 Å². The molecule has 1 aromatic heterocycles. The van der Waals surface area contributed by atoms with E-state index in [0.29, 0.717) is 0 Å². The van der Waals surface area contributed by atoms with E-state index in [1.165, 1.54) is 45.5 Å². The molecule has 0 atom stereocenters. The van der Waals surface area contributed by atoms with Gasteiger partial charge in [-0.05, 0) is 31.4 Å². The first kappa shape index (κ1) is 15.1. The second-order valence-electron chi connectivity index (χ2n) is 5.36. The molecule has 1 nitrogen and oxygen atoms in total. The Hall–Kier alpha value is -1.28. The van der Waals surface area contributed by atoms with E-state index in [1.54, 1.807) is 0 Å². The summed E-state index contributed by atoms with van der Waals surface area (Å²) in [7, 11) is 0. The number of anilines is 1. The van der Waals surface area contributed by atoms with Crippen molar-refractivity contribution in [1.82, 2.24) is 0 Å². The lowest BCUT2D eigenvalue weighted by Crippen LogP contribution is -2.24. The molecule has 0 saturated heterocycles. The van der Waals surface area contributed by atoms with E-state index in [1.807, 2.05) is 17.4 Å². The lowest BCUT2D eigenvalue weighted by atomic mass is 10.1. The van der Waals surface area contributed by atoms with Crippen molar-refractivity contribution >= 4 is 27.1 Å². The third-order valence-corrected chi connectivity index (χ3v) is 4.73. The van der Waals surface area contributed by atoms with Crippen molar-refractivity contribution < 1.29 is 0 Å². The van der Waals surface area contributed by atoms with Crippen molar-refractivity contribution in [3.8, 4) is 0 Å². The zero-order valence-corrected chi connectivity index (χ0v) is 13.7. The maximum absolute atomic E-state index is 3.92. The maximum Gasteiger partial charge on any atom is 0.0590 e. The first-order chi connectivity index (χ1) is 9.71. The molecule has 0 spiro atoms. The lowest BCUT2D eigenvalue weighted by molar-refractivity contribution is 0.811. The van der Waals surface area contributed by atoms with Gasteiger partial charge < -0.3 is 4.90 Å². The normalized spacial score (nSPS) is 10.9. The Labute approximate surface area is 126 Å². The predicted molar refractivity (Wildman–Crippen MR) is 93.3 cm³/mol. The van der Waals surface area contributed by atoms with Crippen molar-refractivity contribution in [3.63, 3.8) is 0 Å². The summed E-state index contributed by atoms with van der Waals surface area (Å²) in [4.78, 5) is 4.02. The Morgan fingerprint density at radius 2 is 2.05 bits per heavy atom. The quantitative estimate of drug-likeness (QED) is 0.602. The van der Waals surface area contributed by atoms with Gasteiger partial charge in [-0.15, -0.1) is 17.9 Å². The molecular weight excluding hydrogens is 262 g/mol. The molecular formula is C18H25NS. The SMILES string of the molecule is C=CCN(CCC)c1c(CCC)sc2cc(C)ccc12. The molecule has 2 rings (SSSR count). The van der Waals surface area contributed by atoms with Gasteiger partial charge in [-0.2, -0.15) is 0 Å².